The number of carbonyl (C=O) groups excluding carboxylic acids is 3. The van der Waals surface area contributed by atoms with Crippen molar-refractivity contribution in [3.8, 4) is 5.75 Å². The highest BCUT2D eigenvalue weighted by Crippen LogP contribution is 2.41. The summed E-state index contributed by atoms with van der Waals surface area (Å²) in [5.41, 5.74) is 4.93. The van der Waals surface area contributed by atoms with Crippen LogP contribution in [0.4, 0.5) is 11.4 Å². The van der Waals surface area contributed by atoms with Crippen molar-refractivity contribution in [3.05, 3.63) is 125 Å². The van der Waals surface area contributed by atoms with Crippen LogP contribution in [0.5, 0.6) is 5.75 Å². The molecule has 8 heteroatoms. The molecule has 2 unspecified atom stereocenters. The van der Waals surface area contributed by atoms with E-state index in [1.54, 1.807) is 35.2 Å². The Morgan fingerprint density at radius 1 is 0.900 bits per heavy atom. The molecule has 0 spiro atoms. The number of aromatic hydroxyl groups is 1. The van der Waals surface area contributed by atoms with Gasteiger partial charge in [-0.2, -0.15) is 0 Å². The van der Waals surface area contributed by atoms with Crippen LogP contribution in [0.3, 0.4) is 0 Å². The van der Waals surface area contributed by atoms with Gasteiger partial charge in [-0.15, -0.1) is 11.8 Å². The lowest BCUT2D eigenvalue weighted by atomic mass is 10.0. The molecule has 0 aliphatic carbocycles. The Morgan fingerprint density at radius 3 is 2.27 bits per heavy atom. The standard InChI is InChI=1S/C32H29N3O4S/c1-20-8-6-9-21(2)28(20)33-31(39)29(22-14-16-26(36)17-15-22)34-30(38)24-12-7-13-25(18-24)35-27(37)19-40-32(35)23-10-4-3-5-11-23/h3-18,29,32,36H,19H2,1-2H3,(H,33,39)(H,34,38). The lowest BCUT2D eigenvalue weighted by Crippen LogP contribution is -2.37. The number of rotatable bonds is 7. The van der Waals surface area contributed by atoms with E-state index in [1.807, 2.05) is 68.4 Å². The first-order valence-electron chi connectivity index (χ1n) is 12.9. The van der Waals surface area contributed by atoms with Crippen LogP contribution in [0.25, 0.3) is 0 Å². The molecule has 0 aromatic heterocycles. The predicted molar refractivity (Wildman–Crippen MR) is 158 cm³/mol. The van der Waals surface area contributed by atoms with Gasteiger partial charge in [-0.25, -0.2) is 0 Å². The predicted octanol–water partition coefficient (Wildman–Crippen LogP) is 5.90. The largest absolute Gasteiger partial charge is 0.508 e. The topological polar surface area (TPSA) is 98.7 Å². The molecule has 3 amide bonds. The normalized spacial score (nSPS) is 15.5. The minimum Gasteiger partial charge on any atom is -0.508 e. The van der Waals surface area contributed by atoms with E-state index in [4.69, 9.17) is 0 Å². The second-order valence-electron chi connectivity index (χ2n) is 9.64. The number of amides is 3. The van der Waals surface area contributed by atoms with Crippen LogP contribution in [-0.2, 0) is 9.59 Å². The van der Waals surface area contributed by atoms with E-state index in [0.717, 1.165) is 16.7 Å². The first-order chi connectivity index (χ1) is 19.3. The monoisotopic (exact) mass is 551 g/mol. The van der Waals surface area contributed by atoms with E-state index in [-0.39, 0.29) is 17.0 Å². The molecule has 7 nitrogen and oxygen atoms in total. The number of aryl methyl sites for hydroxylation is 2. The van der Waals surface area contributed by atoms with Crippen molar-refractivity contribution in [1.29, 1.82) is 0 Å². The van der Waals surface area contributed by atoms with E-state index in [2.05, 4.69) is 10.6 Å². The van der Waals surface area contributed by atoms with Crippen LogP contribution in [-0.4, -0.2) is 28.6 Å². The first kappa shape index (κ1) is 27.0. The van der Waals surface area contributed by atoms with Crippen LogP contribution in [0.15, 0.2) is 97.1 Å². The van der Waals surface area contributed by atoms with Crippen LogP contribution in [0.2, 0.25) is 0 Å². The molecular formula is C32H29N3O4S. The van der Waals surface area contributed by atoms with E-state index >= 15 is 0 Å². The molecule has 202 valence electrons. The summed E-state index contributed by atoms with van der Waals surface area (Å²) >= 11 is 1.54. The van der Waals surface area contributed by atoms with E-state index < -0.39 is 17.9 Å². The molecule has 4 aromatic rings. The fourth-order valence-corrected chi connectivity index (χ4v) is 5.93. The van der Waals surface area contributed by atoms with Crippen LogP contribution in [0, 0.1) is 13.8 Å². The smallest absolute Gasteiger partial charge is 0.252 e. The Hall–Kier alpha value is -4.56. The van der Waals surface area contributed by atoms with Gasteiger partial charge in [0.05, 0.1) is 5.75 Å². The Balaban J connectivity index is 1.42. The van der Waals surface area contributed by atoms with Gasteiger partial charge >= 0.3 is 0 Å². The number of thioether (sulfide) groups is 1. The molecule has 2 atom stereocenters. The maximum Gasteiger partial charge on any atom is 0.252 e. The number of phenols is 1. The summed E-state index contributed by atoms with van der Waals surface area (Å²) in [6, 6.07) is 27.5. The van der Waals surface area contributed by atoms with E-state index in [1.165, 1.54) is 23.9 Å². The molecular weight excluding hydrogens is 522 g/mol. The SMILES string of the molecule is Cc1cccc(C)c1NC(=O)C(NC(=O)c1cccc(N2C(=O)CSC2c2ccccc2)c1)c1ccc(O)cc1. The average molecular weight is 552 g/mol. The Labute approximate surface area is 237 Å². The maximum atomic E-state index is 13.5. The van der Waals surface area contributed by atoms with Gasteiger partial charge in [0.2, 0.25) is 5.91 Å². The zero-order valence-corrected chi connectivity index (χ0v) is 22.9. The molecule has 1 aliphatic rings. The number of carbonyl (C=O) groups is 3. The van der Waals surface area contributed by atoms with Crippen LogP contribution in [0.1, 0.15) is 44.0 Å². The Morgan fingerprint density at radius 2 is 1.57 bits per heavy atom. The minimum absolute atomic E-state index is 0.0358. The fraction of sp³-hybridized carbons (Fsp3) is 0.156. The van der Waals surface area contributed by atoms with Crippen molar-refractivity contribution >= 4 is 40.9 Å². The third-order valence-corrected chi connectivity index (χ3v) is 8.04. The molecule has 5 rings (SSSR count). The average Bonchev–Trinajstić information content (AvgIpc) is 3.36. The zero-order valence-electron chi connectivity index (χ0n) is 22.1. The maximum absolute atomic E-state index is 13.5. The molecule has 0 saturated carbocycles. The molecule has 1 saturated heterocycles. The number of anilines is 2. The summed E-state index contributed by atoms with van der Waals surface area (Å²) in [6.45, 7) is 3.81. The lowest BCUT2D eigenvalue weighted by molar-refractivity contribution is -0.118. The summed E-state index contributed by atoms with van der Waals surface area (Å²) in [4.78, 5) is 41.7. The van der Waals surface area contributed by atoms with E-state index in [0.29, 0.717) is 28.3 Å². The zero-order chi connectivity index (χ0) is 28.2. The van der Waals surface area contributed by atoms with Gasteiger partial charge < -0.3 is 15.7 Å². The van der Waals surface area contributed by atoms with Crippen molar-refractivity contribution < 1.29 is 19.5 Å². The van der Waals surface area contributed by atoms with Crippen molar-refractivity contribution in [2.45, 2.75) is 25.3 Å². The molecule has 0 radical (unpaired) electrons. The Kier molecular flexibility index (Phi) is 7.89. The summed E-state index contributed by atoms with van der Waals surface area (Å²) in [7, 11) is 0. The lowest BCUT2D eigenvalue weighted by Gasteiger charge is -2.25. The molecule has 40 heavy (non-hydrogen) atoms. The highest BCUT2D eigenvalue weighted by atomic mass is 32.2. The van der Waals surface area contributed by atoms with Gasteiger partial charge in [0.25, 0.3) is 11.8 Å². The van der Waals surface area contributed by atoms with Gasteiger partial charge in [-0.05, 0) is 66.4 Å². The minimum atomic E-state index is -1.03. The third kappa shape index (κ3) is 5.72. The van der Waals surface area contributed by atoms with Crippen molar-refractivity contribution in [2.75, 3.05) is 16.0 Å². The van der Waals surface area contributed by atoms with Crippen LogP contribution < -0.4 is 15.5 Å². The molecule has 0 bridgehead atoms. The number of hydrogen-bond acceptors (Lipinski definition) is 5. The number of nitrogens with zero attached hydrogens (tertiary/aromatic N) is 1. The van der Waals surface area contributed by atoms with Gasteiger partial charge in [0, 0.05) is 16.9 Å². The highest BCUT2D eigenvalue weighted by Gasteiger charge is 2.34. The molecule has 4 aromatic carbocycles. The fourth-order valence-electron chi connectivity index (χ4n) is 4.75. The molecule has 1 fully saturated rings. The summed E-state index contributed by atoms with van der Waals surface area (Å²) in [5, 5.41) is 15.4. The van der Waals surface area contributed by atoms with Crippen LogP contribution >= 0.6 is 11.8 Å². The second kappa shape index (κ2) is 11.7. The number of para-hydroxylation sites is 1. The van der Waals surface area contributed by atoms with Gasteiger partial charge in [-0.3, -0.25) is 19.3 Å². The summed E-state index contributed by atoms with van der Waals surface area (Å²) < 4.78 is 0. The number of benzene rings is 4. The second-order valence-corrected chi connectivity index (χ2v) is 10.7. The molecule has 1 heterocycles. The van der Waals surface area contributed by atoms with Crippen molar-refractivity contribution in [2.24, 2.45) is 0 Å². The molecule has 3 N–H and O–H groups in total. The van der Waals surface area contributed by atoms with Crippen molar-refractivity contribution in [3.63, 3.8) is 0 Å². The molecule has 1 aliphatic heterocycles. The van der Waals surface area contributed by atoms with Gasteiger partial charge in [0.1, 0.15) is 17.2 Å². The number of nitrogens with one attached hydrogen (secondary N) is 2. The first-order valence-corrected chi connectivity index (χ1v) is 13.9. The van der Waals surface area contributed by atoms with Gasteiger partial charge in [-0.1, -0.05) is 66.7 Å². The Bertz CT molecular complexity index is 1540. The van der Waals surface area contributed by atoms with E-state index in [9.17, 15) is 19.5 Å². The summed E-state index contributed by atoms with van der Waals surface area (Å²) in [6.07, 6.45) is 0. The quantitative estimate of drug-likeness (QED) is 0.266. The van der Waals surface area contributed by atoms with Gasteiger partial charge in [0.15, 0.2) is 0 Å². The summed E-state index contributed by atoms with van der Waals surface area (Å²) in [5.74, 6) is -0.517. The third-order valence-electron chi connectivity index (χ3n) is 6.83. The van der Waals surface area contributed by atoms with Crippen molar-refractivity contribution in [1.82, 2.24) is 5.32 Å². The highest BCUT2D eigenvalue weighted by molar-refractivity contribution is 8.00. The number of phenolic OH excluding ortho intramolecular Hbond substituents is 1. The number of hydrogen-bond donors (Lipinski definition) is 3.